The largest absolute Gasteiger partial charge is 0.507 e. The first kappa shape index (κ1) is 19.5. The molecule has 0 aromatic heterocycles. The third-order valence-corrected chi connectivity index (χ3v) is 5.60. The van der Waals surface area contributed by atoms with Crippen LogP contribution in [0.2, 0.25) is 5.02 Å². The van der Waals surface area contributed by atoms with E-state index in [-0.39, 0.29) is 24.0 Å². The lowest BCUT2D eigenvalue weighted by molar-refractivity contribution is -0.123. The van der Waals surface area contributed by atoms with Crippen molar-refractivity contribution in [2.75, 3.05) is 13.4 Å². The summed E-state index contributed by atoms with van der Waals surface area (Å²) >= 11 is 7.07. The van der Waals surface area contributed by atoms with E-state index >= 15 is 0 Å². The minimum Gasteiger partial charge on any atom is -0.507 e. The number of carbonyl (C=O) groups excluding carboxylic acids is 2. The first-order valence-corrected chi connectivity index (χ1v) is 9.95. The van der Waals surface area contributed by atoms with Crippen molar-refractivity contribution in [2.24, 2.45) is 0 Å². The highest BCUT2D eigenvalue weighted by Crippen LogP contribution is 2.40. The molecule has 9 heteroatoms. The number of carbonyl (C=O) groups is 2. The molecule has 0 aliphatic carbocycles. The van der Waals surface area contributed by atoms with Crippen molar-refractivity contribution >= 4 is 40.6 Å². The molecule has 29 heavy (non-hydrogen) atoms. The van der Waals surface area contributed by atoms with Crippen molar-refractivity contribution in [3.63, 3.8) is 0 Å². The van der Waals surface area contributed by atoms with Gasteiger partial charge in [-0.05, 0) is 54.6 Å². The molecule has 0 atom stereocenters. The Balaban J connectivity index is 1.58. The molecule has 1 fully saturated rings. The Bertz CT molecular complexity index is 1040. The number of phenolic OH excluding ortho intramolecular Hbond substituents is 1. The Hall–Kier alpha value is -2.84. The number of hydrogen-bond donors (Lipinski definition) is 1. The van der Waals surface area contributed by atoms with E-state index in [0.717, 1.165) is 16.7 Å². The van der Waals surface area contributed by atoms with Gasteiger partial charge in [0.2, 0.25) is 6.79 Å². The van der Waals surface area contributed by atoms with Gasteiger partial charge in [0.05, 0.1) is 18.1 Å². The molecule has 0 radical (unpaired) electrons. The fourth-order valence-corrected chi connectivity index (χ4v) is 3.98. The van der Waals surface area contributed by atoms with Crippen LogP contribution in [-0.4, -0.2) is 34.6 Å². The standard InChI is InChI=1S/C20H16ClNO6S/c1-2-26-13-3-4-15(23)11(5-13)7-18-19(24)22(20(25)29-18)9-12-6-16-17(8-14(12)21)28-10-27-16/h3-8,23H,2,9-10H2,1H3/b18-7-. The van der Waals surface area contributed by atoms with Crippen molar-refractivity contribution in [1.82, 2.24) is 4.90 Å². The zero-order valence-electron chi connectivity index (χ0n) is 15.3. The Kier molecular flexibility index (Phi) is 5.29. The summed E-state index contributed by atoms with van der Waals surface area (Å²) in [5.41, 5.74) is 0.961. The topological polar surface area (TPSA) is 85.3 Å². The predicted octanol–water partition coefficient (Wildman–Crippen LogP) is 4.41. The van der Waals surface area contributed by atoms with Crippen LogP contribution in [0.15, 0.2) is 35.2 Å². The number of nitrogens with zero attached hydrogens (tertiary/aromatic N) is 1. The second-order valence-corrected chi connectivity index (χ2v) is 7.62. The first-order valence-electron chi connectivity index (χ1n) is 8.75. The van der Waals surface area contributed by atoms with E-state index in [0.29, 0.717) is 40.0 Å². The third kappa shape index (κ3) is 3.86. The predicted molar refractivity (Wildman–Crippen MR) is 108 cm³/mol. The molecule has 2 aromatic carbocycles. The van der Waals surface area contributed by atoms with E-state index in [1.807, 2.05) is 6.92 Å². The van der Waals surface area contributed by atoms with Crippen LogP contribution in [0.4, 0.5) is 4.79 Å². The van der Waals surface area contributed by atoms with E-state index in [4.69, 9.17) is 25.8 Å². The zero-order chi connectivity index (χ0) is 20.5. The molecule has 2 heterocycles. The minimum absolute atomic E-state index is 0.00243. The molecular formula is C20H16ClNO6S. The van der Waals surface area contributed by atoms with Crippen LogP contribution in [0.5, 0.6) is 23.0 Å². The maximum Gasteiger partial charge on any atom is 0.293 e. The Labute approximate surface area is 175 Å². The summed E-state index contributed by atoms with van der Waals surface area (Å²) in [6.07, 6.45) is 1.48. The second-order valence-electron chi connectivity index (χ2n) is 6.22. The van der Waals surface area contributed by atoms with Gasteiger partial charge in [0, 0.05) is 16.7 Å². The van der Waals surface area contributed by atoms with Crippen molar-refractivity contribution in [2.45, 2.75) is 13.5 Å². The molecule has 4 rings (SSSR count). The normalized spacial score (nSPS) is 16.8. The second kappa shape index (κ2) is 7.88. The SMILES string of the molecule is CCOc1ccc(O)c(/C=C2\SC(=O)N(Cc3cc4c(cc3Cl)OCO4)C2=O)c1. The van der Waals surface area contributed by atoms with E-state index in [2.05, 4.69) is 0 Å². The molecule has 7 nitrogen and oxygen atoms in total. The summed E-state index contributed by atoms with van der Waals surface area (Å²) in [6.45, 7) is 2.42. The summed E-state index contributed by atoms with van der Waals surface area (Å²) in [5, 5.41) is 10.0. The average molecular weight is 434 g/mol. The number of ether oxygens (including phenoxy) is 3. The number of amides is 2. The number of benzene rings is 2. The number of rotatable bonds is 5. The number of imide groups is 1. The van der Waals surface area contributed by atoms with E-state index < -0.39 is 11.1 Å². The zero-order valence-corrected chi connectivity index (χ0v) is 16.9. The number of hydrogen-bond acceptors (Lipinski definition) is 7. The van der Waals surface area contributed by atoms with Crippen LogP contribution < -0.4 is 14.2 Å². The van der Waals surface area contributed by atoms with Gasteiger partial charge in [0.1, 0.15) is 11.5 Å². The lowest BCUT2D eigenvalue weighted by Crippen LogP contribution is -2.27. The Morgan fingerprint density at radius 1 is 1.24 bits per heavy atom. The molecule has 0 bridgehead atoms. The monoisotopic (exact) mass is 433 g/mol. The van der Waals surface area contributed by atoms with Gasteiger partial charge in [-0.25, -0.2) is 0 Å². The summed E-state index contributed by atoms with van der Waals surface area (Å²) in [7, 11) is 0. The minimum atomic E-state index is -0.463. The maximum absolute atomic E-state index is 12.8. The molecule has 2 aliphatic rings. The molecule has 1 saturated heterocycles. The molecule has 2 aliphatic heterocycles. The number of phenols is 1. The quantitative estimate of drug-likeness (QED) is 0.699. The van der Waals surface area contributed by atoms with Crippen LogP contribution >= 0.6 is 23.4 Å². The van der Waals surface area contributed by atoms with Gasteiger partial charge >= 0.3 is 0 Å². The van der Waals surface area contributed by atoms with Crippen LogP contribution in [0, 0.1) is 0 Å². The van der Waals surface area contributed by atoms with Gasteiger partial charge in [-0.2, -0.15) is 0 Å². The van der Waals surface area contributed by atoms with Gasteiger partial charge < -0.3 is 19.3 Å². The van der Waals surface area contributed by atoms with Gasteiger partial charge in [0.25, 0.3) is 11.1 Å². The van der Waals surface area contributed by atoms with Crippen molar-refractivity contribution in [3.8, 4) is 23.0 Å². The number of thioether (sulfide) groups is 1. The summed E-state index contributed by atoms with van der Waals surface area (Å²) in [6, 6.07) is 7.99. The third-order valence-electron chi connectivity index (χ3n) is 4.34. The number of aromatic hydroxyl groups is 1. The van der Waals surface area contributed by atoms with Gasteiger partial charge in [0.15, 0.2) is 11.5 Å². The molecule has 0 unspecified atom stereocenters. The van der Waals surface area contributed by atoms with Gasteiger partial charge in [-0.3, -0.25) is 14.5 Å². The van der Waals surface area contributed by atoms with Gasteiger partial charge in [-0.1, -0.05) is 11.6 Å². The summed E-state index contributed by atoms with van der Waals surface area (Å²) < 4.78 is 16.0. The molecule has 2 amide bonds. The van der Waals surface area contributed by atoms with Crippen LogP contribution in [-0.2, 0) is 11.3 Å². The van der Waals surface area contributed by atoms with Gasteiger partial charge in [-0.15, -0.1) is 0 Å². The molecular weight excluding hydrogens is 418 g/mol. The highest BCUT2D eigenvalue weighted by Gasteiger charge is 2.36. The molecule has 1 N–H and O–H groups in total. The fraction of sp³-hybridized carbons (Fsp3) is 0.200. The van der Waals surface area contributed by atoms with Crippen LogP contribution in [0.3, 0.4) is 0 Å². The fourth-order valence-electron chi connectivity index (χ4n) is 2.93. The molecule has 150 valence electrons. The van der Waals surface area contributed by atoms with E-state index in [9.17, 15) is 14.7 Å². The highest BCUT2D eigenvalue weighted by molar-refractivity contribution is 8.18. The number of fused-ring (bicyclic) bond motifs is 1. The highest BCUT2D eigenvalue weighted by atomic mass is 35.5. The Morgan fingerprint density at radius 2 is 2.00 bits per heavy atom. The summed E-state index contributed by atoms with van der Waals surface area (Å²) in [4.78, 5) is 26.5. The lowest BCUT2D eigenvalue weighted by atomic mass is 10.1. The molecule has 0 spiro atoms. The van der Waals surface area contributed by atoms with Crippen molar-refractivity contribution in [3.05, 3.63) is 51.4 Å². The average Bonchev–Trinajstić information content (AvgIpc) is 3.24. The smallest absolute Gasteiger partial charge is 0.293 e. The van der Waals surface area contributed by atoms with Crippen molar-refractivity contribution in [1.29, 1.82) is 0 Å². The number of halogens is 1. The van der Waals surface area contributed by atoms with Crippen LogP contribution in [0.1, 0.15) is 18.1 Å². The Morgan fingerprint density at radius 3 is 2.76 bits per heavy atom. The first-order chi connectivity index (χ1) is 14.0. The molecule has 0 saturated carbocycles. The van der Waals surface area contributed by atoms with E-state index in [1.54, 1.807) is 24.3 Å². The lowest BCUT2D eigenvalue weighted by Gasteiger charge is -2.14. The van der Waals surface area contributed by atoms with Crippen molar-refractivity contribution < 1.29 is 28.9 Å². The summed E-state index contributed by atoms with van der Waals surface area (Å²) in [5.74, 6) is 1.12. The molecule has 2 aromatic rings. The maximum atomic E-state index is 12.8. The van der Waals surface area contributed by atoms with Crippen LogP contribution in [0.25, 0.3) is 6.08 Å². The van der Waals surface area contributed by atoms with E-state index in [1.165, 1.54) is 12.1 Å².